The average Bonchev–Trinajstić information content (AvgIpc) is 3.49. The van der Waals surface area contributed by atoms with Gasteiger partial charge in [0.2, 0.25) is 0 Å². The molecule has 1 aliphatic heterocycles. The molecule has 10 nitrogen and oxygen atoms in total. The van der Waals surface area contributed by atoms with Gasteiger partial charge < -0.3 is 21.1 Å². The summed E-state index contributed by atoms with van der Waals surface area (Å²) in [6, 6.07) is 3.65. The van der Waals surface area contributed by atoms with Gasteiger partial charge in [-0.25, -0.2) is 19.9 Å². The van der Waals surface area contributed by atoms with E-state index in [0.717, 1.165) is 43.9 Å². The summed E-state index contributed by atoms with van der Waals surface area (Å²) in [6.07, 6.45) is 6.01. The lowest BCUT2D eigenvalue weighted by Crippen LogP contribution is -2.44. The molecule has 4 aromatic rings. The zero-order valence-corrected chi connectivity index (χ0v) is 24.0. The van der Waals surface area contributed by atoms with E-state index < -0.39 is 0 Å². The molecule has 0 bridgehead atoms. The average molecular weight is 585 g/mol. The first-order chi connectivity index (χ1) is 18.8. The normalized spacial score (nSPS) is 19.1. The maximum Gasteiger partial charge on any atom is 0.262 e. The maximum absolute atomic E-state index is 13.2. The second-order valence-corrected chi connectivity index (χ2v) is 12.5. The van der Waals surface area contributed by atoms with Crippen LogP contribution >= 0.6 is 34.7 Å². The van der Waals surface area contributed by atoms with E-state index in [1.54, 1.807) is 30.7 Å². The van der Waals surface area contributed by atoms with Crippen molar-refractivity contribution in [3.8, 4) is 0 Å². The molecule has 0 saturated carbocycles. The predicted molar refractivity (Wildman–Crippen MR) is 155 cm³/mol. The summed E-state index contributed by atoms with van der Waals surface area (Å²) in [4.78, 5) is 35.5. The van der Waals surface area contributed by atoms with Crippen LogP contribution in [0.1, 0.15) is 36.4 Å². The Hall–Kier alpha value is -2.77. The lowest BCUT2D eigenvalue weighted by Gasteiger charge is -2.42. The van der Waals surface area contributed by atoms with E-state index in [1.165, 1.54) is 27.5 Å². The quantitative estimate of drug-likeness (QED) is 0.343. The summed E-state index contributed by atoms with van der Waals surface area (Å²) in [7, 11) is 1.60. The van der Waals surface area contributed by atoms with Gasteiger partial charge >= 0.3 is 0 Å². The molecule has 13 heteroatoms. The van der Waals surface area contributed by atoms with Gasteiger partial charge in [0.15, 0.2) is 5.82 Å². The fourth-order valence-corrected chi connectivity index (χ4v) is 7.62. The molecule has 0 radical (unpaired) electrons. The van der Waals surface area contributed by atoms with Crippen LogP contribution in [0, 0.1) is 5.41 Å². The standard InChI is InChI=1S/C26H29ClN8O2S2/c1-14(37-2)11-35-12-31-15-3-4-17(20(27)19(15)25(35)36)39-24-23(29)33-18(10-30-24)34-7-5-26(6-8-34)9-16-21(22(26)28)38-13-32-16/h3-4,10,12-14,22H,5-9,11,28H2,1-2H3,(H2,29,33)/t14?,22-/m1/s1. The largest absolute Gasteiger partial charge is 0.381 e. The number of anilines is 2. The minimum absolute atomic E-state index is 0.0477. The van der Waals surface area contributed by atoms with E-state index >= 15 is 0 Å². The molecule has 4 heterocycles. The number of halogens is 1. The first-order valence-corrected chi connectivity index (χ1v) is 14.8. The molecule has 1 fully saturated rings. The second kappa shape index (κ2) is 10.3. The van der Waals surface area contributed by atoms with Crippen LogP contribution in [0.3, 0.4) is 0 Å². The third-order valence-corrected chi connectivity index (χ3v) is 10.5. The zero-order valence-electron chi connectivity index (χ0n) is 21.6. The highest BCUT2D eigenvalue weighted by atomic mass is 35.5. The molecule has 1 aliphatic carbocycles. The highest BCUT2D eigenvalue weighted by Crippen LogP contribution is 2.52. The van der Waals surface area contributed by atoms with E-state index in [9.17, 15) is 4.79 Å². The number of hydrogen-bond acceptors (Lipinski definition) is 11. The maximum atomic E-state index is 13.2. The fourth-order valence-electron chi connectivity index (χ4n) is 5.52. The number of benzene rings is 1. The first-order valence-electron chi connectivity index (χ1n) is 12.7. The highest BCUT2D eigenvalue weighted by Gasteiger charge is 2.47. The van der Waals surface area contributed by atoms with Crippen molar-refractivity contribution in [1.29, 1.82) is 0 Å². The van der Waals surface area contributed by atoms with E-state index in [1.807, 2.05) is 18.5 Å². The van der Waals surface area contributed by atoms with E-state index in [4.69, 9.17) is 27.8 Å². The molecule has 1 aromatic carbocycles. The Labute approximate surface area is 238 Å². The number of nitrogens with two attached hydrogens (primary N) is 2. The van der Waals surface area contributed by atoms with Crippen LogP contribution < -0.4 is 21.9 Å². The van der Waals surface area contributed by atoms with Crippen LogP contribution in [0.5, 0.6) is 0 Å². The number of fused-ring (bicyclic) bond motifs is 2. The van der Waals surface area contributed by atoms with Crippen molar-refractivity contribution in [3.05, 3.63) is 56.1 Å². The predicted octanol–water partition coefficient (Wildman–Crippen LogP) is 3.91. The van der Waals surface area contributed by atoms with E-state index in [-0.39, 0.29) is 23.1 Å². The van der Waals surface area contributed by atoms with Crippen LogP contribution in [0.4, 0.5) is 11.6 Å². The van der Waals surface area contributed by atoms with E-state index in [0.29, 0.717) is 38.2 Å². The Bertz CT molecular complexity index is 1600. The summed E-state index contributed by atoms with van der Waals surface area (Å²) in [5.74, 6) is 1.06. The number of hydrogen-bond donors (Lipinski definition) is 2. The number of nitrogens with zero attached hydrogens (tertiary/aromatic N) is 6. The number of rotatable bonds is 6. The molecule has 39 heavy (non-hydrogen) atoms. The van der Waals surface area contributed by atoms with Crippen molar-refractivity contribution in [2.24, 2.45) is 11.1 Å². The van der Waals surface area contributed by atoms with Crippen molar-refractivity contribution in [1.82, 2.24) is 24.5 Å². The summed E-state index contributed by atoms with van der Waals surface area (Å²) >= 11 is 9.67. The van der Waals surface area contributed by atoms with Crippen molar-refractivity contribution in [2.45, 2.75) is 54.8 Å². The number of methoxy groups -OCH3 is 1. The number of aromatic nitrogens is 5. The molecule has 0 amide bonds. The minimum atomic E-state index is -0.221. The number of piperidine rings is 1. The highest BCUT2D eigenvalue weighted by molar-refractivity contribution is 7.99. The number of ether oxygens (including phenoxy) is 1. The molecule has 1 spiro atoms. The molecule has 3 aromatic heterocycles. The molecule has 2 aliphatic rings. The molecule has 6 rings (SSSR count). The summed E-state index contributed by atoms with van der Waals surface area (Å²) in [6.45, 7) is 3.93. The topological polar surface area (TPSA) is 138 Å². The van der Waals surface area contributed by atoms with Gasteiger partial charge in [0.25, 0.3) is 5.56 Å². The Morgan fingerprint density at radius 3 is 2.79 bits per heavy atom. The number of thiazole rings is 1. The molecule has 4 N–H and O–H groups in total. The van der Waals surface area contributed by atoms with Crippen molar-refractivity contribution in [3.63, 3.8) is 0 Å². The van der Waals surface area contributed by atoms with Gasteiger partial charge in [-0.1, -0.05) is 23.4 Å². The Morgan fingerprint density at radius 1 is 1.28 bits per heavy atom. The van der Waals surface area contributed by atoms with Crippen LogP contribution in [-0.2, 0) is 17.7 Å². The van der Waals surface area contributed by atoms with Crippen molar-refractivity contribution in [2.75, 3.05) is 30.8 Å². The lowest BCUT2D eigenvalue weighted by molar-refractivity contribution is 0.102. The zero-order chi connectivity index (χ0) is 27.3. The van der Waals surface area contributed by atoms with Gasteiger partial charge in [-0.15, -0.1) is 11.3 Å². The molecule has 1 unspecified atom stereocenters. The smallest absolute Gasteiger partial charge is 0.262 e. The molecular weight excluding hydrogens is 556 g/mol. The fraction of sp³-hybridized carbons (Fsp3) is 0.423. The molecular formula is C26H29ClN8O2S2. The molecule has 2 atom stereocenters. The molecule has 204 valence electrons. The third kappa shape index (κ3) is 4.67. The van der Waals surface area contributed by atoms with Crippen LogP contribution in [0.15, 0.2) is 44.9 Å². The van der Waals surface area contributed by atoms with Gasteiger partial charge in [-0.2, -0.15) is 0 Å². The van der Waals surface area contributed by atoms with Gasteiger partial charge in [-0.3, -0.25) is 9.36 Å². The van der Waals surface area contributed by atoms with Crippen LogP contribution in [-0.4, -0.2) is 50.8 Å². The summed E-state index contributed by atoms with van der Waals surface area (Å²) < 4.78 is 6.81. The van der Waals surface area contributed by atoms with Crippen LogP contribution in [0.25, 0.3) is 10.9 Å². The van der Waals surface area contributed by atoms with E-state index in [2.05, 4.69) is 24.8 Å². The van der Waals surface area contributed by atoms with Gasteiger partial charge in [0.05, 0.1) is 52.3 Å². The SMILES string of the molecule is COC(C)Cn1cnc2ccc(Sc3ncc(N4CCC5(CC4)Cc4ncsc4[C@H]5N)nc3N)c(Cl)c2c1=O. The minimum Gasteiger partial charge on any atom is -0.381 e. The lowest BCUT2D eigenvalue weighted by atomic mass is 9.74. The van der Waals surface area contributed by atoms with Gasteiger partial charge in [-0.05, 0) is 43.7 Å². The first kappa shape index (κ1) is 26.5. The third-order valence-electron chi connectivity index (χ3n) is 7.93. The second-order valence-electron chi connectivity index (χ2n) is 10.2. The summed E-state index contributed by atoms with van der Waals surface area (Å²) in [5, 5.41) is 1.20. The van der Waals surface area contributed by atoms with Crippen molar-refractivity contribution < 1.29 is 4.74 Å². The molecule has 1 saturated heterocycles. The van der Waals surface area contributed by atoms with Gasteiger partial charge in [0, 0.05) is 36.0 Å². The Kier molecular flexibility index (Phi) is 7.00. The number of nitrogen functional groups attached to an aromatic ring is 1. The monoisotopic (exact) mass is 584 g/mol. The van der Waals surface area contributed by atoms with Gasteiger partial charge in [0.1, 0.15) is 10.8 Å². The summed E-state index contributed by atoms with van der Waals surface area (Å²) in [5.41, 5.74) is 16.5. The van der Waals surface area contributed by atoms with Crippen LogP contribution in [0.2, 0.25) is 5.02 Å². The Morgan fingerprint density at radius 2 is 2.08 bits per heavy atom. The van der Waals surface area contributed by atoms with Crippen molar-refractivity contribution >= 4 is 57.2 Å². The Balaban J connectivity index is 1.19.